The van der Waals surface area contributed by atoms with Crippen LogP contribution in [0.2, 0.25) is 0 Å². The number of aromatic nitrogens is 6. The number of aromatic amines is 2. The molecule has 2 N–H and O–H groups in total. The van der Waals surface area contributed by atoms with Crippen molar-refractivity contribution in [1.82, 2.24) is 30.1 Å². The maximum Gasteiger partial charge on any atom is 0.159 e. The van der Waals surface area contributed by atoms with E-state index < -0.39 is 0 Å². The minimum absolute atomic E-state index is 0.278. The number of hydrogen-bond donors (Lipinski definition) is 2. The Morgan fingerprint density at radius 3 is 2.58 bits per heavy atom. The second-order valence-electron chi connectivity index (χ2n) is 7.22. The van der Waals surface area contributed by atoms with Crippen LogP contribution in [-0.4, -0.2) is 30.1 Å². The summed E-state index contributed by atoms with van der Waals surface area (Å²) in [5.41, 5.74) is 6.58. The van der Waals surface area contributed by atoms with Crippen LogP contribution in [0, 0.1) is 5.82 Å². The van der Waals surface area contributed by atoms with E-state index in [9.17, 15) is 4.39 Å². The molecule has 0 fully saturated rings. The standard InChI is InChI=1S/C24H15FN6/c25-16-4-1-3-15(11-16)17-5-2-6-19-22(17)29-24(28-19)23-18-12-20(14-7-9-26-10-8-14)27-13-21(18)30-31-23/h1-13H,(H,28,29)(H,30,31). The van der Waals surface area contributed by atoms with Crippen molar-refractivity contribution in [2.45, 2.75) is 0 Å². The number of fused-ring (bicyclic) bond motifs is 2. The lowest BCUT2D eigenvalue weighted by molar-refractivity contribution is 0.628. The first-order valence-electron chi connectivity index (χ1n) is 9.76. The van der Waals surface area contributed by atoms with Gasteiger partial charge in [0.05, 0.1) is 28.4 Å². The van der Waals surface area contributed by atoms with Gasteiger partial charge >= 0.3 is 0 Å². The normalized spacial score (nSPS) is 11.4. The summed E-state index contributed by atoms with van der Waals surface area (Å²) in [5.74, 6) is 0.358. The first kappa shape index (κ1) is 17.5. The summed E-state index contributed by atoms with van der Waals surface area (Å²) in [6.07, 6.45) is 5.25. The highest BCUT2D eigenvalue weighted by Crippen LogP contribution is 2.32. The lowest BCUT2D eigenvalue weighted by atomic mass is 10.0. The summed E-state index contributed by atoms with van der Waals surface area (Å²) in [6, 6.07) is 18.2. The molecule has 2 aromatic carbocycles. The van der Waals surface area contributed by atoms with E-state index in [1.165, 1.54) is 12.1 Å². The Hall–Kier alpha value is -4.39. The third-order valence-corrected chi connectivity index (χ3v) is 5.30. The van der Waals surface area contributed by atoms with E-state index in [4.69, 9.17) is 4.98 Å². The molecule has 7 heteroatoms. The summed E-state index contributed by atoms with van der Waals surface area (Å²) in [5, 5.41) is 8.42. The van der Waals surface area contributed by atoms with Gasteiger partial charge in [-0.15, -0.1) is 0 Å². The van der Waals surface area contributed by atoms with Gasteiger partial charge in [0.1, 0.15) is 11.5 Å². The average molecular weight is 406 g/mol. The second kappa shape index (κ2) is 6.84. The van der Waals surface area contributed by atoms with Gasteiger partial charge in [0.2, 0.25) is 0 Å². The van der Waals surface area contributed by atoms with Crippen molar-refractivity contribution in [2.24, 2.45) is 0 Å². The molecule has 148 valence electrons. The van der Waals surface area contributed by atoms with E-state index in [0.717, 1.165) is 44.3 Å². The quantitative estimate of drug-likeness (QED) is 0.414. The summed E-state index contributed by atoms with van der Waals surface area (Å²) in [4.78, 5) is 16.8. The third-order valence-electron chi connectivity index (χ3n) is 5.30. The first-order chi connectivity index (χ1) is 15.3. The Balaban J connectivity index is 1.52. The highest BCUT2D eigenvalue weighted by Gasteiger charge is 2.16. The van der Waals surface area contributed by atoms with Crippen LogP contribution in [0.15, 0.2) is 79.3 Å². The molecule has 0 amide bonds. The number of nitrogens with zero attached hydrogens (tertiary/aromatic N) is 4. The van der Waals surface area contributed by atoms with E-state index >= 15 is 0 Å². The second-order valence-corrected chi connectivity index (χ2v) is 7.22. The van der Waals surface area contributed by atoms with Crippen LogP contribution in [0.3, 0.4) is 0 Å². The molecule has 0 radical (unpaired) electrons. The lowest BCUT2D eigenvalue weighted by Crippen LogP contribution is -1.85. The first-order valence-corrected chi connectivity index (χ1v) is 9.76. The number of para-hydroxylation sites is 1. The van der Waals surface area contributed by atoms with Gasteiger partial charge in [-0.25, -0.2) is 9.37 Å². The fourth-order valence-electron chi connectivity index (χ4n) is 3.81. The van der Waals surface area contributed by atoms with E-state index in [2.05, 4.69) is 25.1 Å². The minimum Gasteiger partial charge on any atom is -0.337 e. The van der Waals surface area contributed by atoms with Crippen molar-refractivity contribution in [2.75, 3.05) is 0 Å². The highest BCUT2D eigenvalue weighted by molar-refractivity contribution is 5.97. The topological polar surface area (TPSA) is 83.1 Å². The van der Waals surface area contributed by atoms with Gasteiger partial charge in [-0.05, 0) is 42.0 Å². The van der Waals surface area contributed by atoms with E-state index in [1.54, 1.807) is 24.7 Å². The lowest BCUT2D eigenvalue weighted by Gasteiger charge is -2.02. The number of benzene rings is 2. The Morgan fingerprint density at radius 1 is 0.839 bits per heavy atom. The molecule has 0 aliphatic carbocycles. The van der Waals surface area contributed by atoms with Gasteiger partial charge < -0.3 is 4.98 Å². The molecule has 0 saturated heterocycles. The van der Waals surface area contributed by atoms with Crippen molar-refractivity contribution >= 4 is 21.9 Å². The molecule has 0 unspecified atom stereocenters. The summed E-state index contributed by atoms with van der Waals surface area (Å²) in [7, 11) is 0. The molecule has 0 spiro atoms. The summed E-state index contributed by atoms with van der Waals surface area (Å²) < 4.78 is 13.8. The maximum absolute atomic E-state index is 13.8. The Kier molecular flexibility index (Phi) is 3.86. The van der Waals surface area contributed by atoms with Crippen LogP contribution < -0.4 is 0 Å². The molecular formula is C24H15FN6. The number of halogens is 1. The van der Waals surface area contributed by atoms with Crippen LogP contribution in [0.25, 0.3) is 55.8 Å². The van der Waals surface area contributed by atoms with Gasteiger partial charge in [-0.2, -0.15) is 5.10 Å². The monoisotopic (exact) mass is 406 g/mol. The molecular weight excluding hydrogens is 391 g/mol. The van der Waals surface area contributed by atoms with Gasteiger partial charge in [0, 0.05) is 28.9 Å². The molecule has 0 aliphatic heterocycles. The van der Waals surface area contributed by atoms with E-state index in [-0.39, 0.29) is 5.82 Å². The number of H-pyrrole nitrogens is 2. The van der Waals surface area contributed by atoms with Gasteiger partial charge in [0.15, 0.2) is 5.82 Å². The molecule has 4 heterocycles. The van der Waals surface area contributed by atoms with E-state index in [0.29, 0.717) is 11.5 Å². The molecule has 0 aliphatic rings. The highest BCUT2D eigenvalue weighted by atomic mass is 19.1. The van der Waals surface area contributed by atoms with Gasteiger partial charge in [-0.1, -0.05) is 24.3 Å². The zero-order valence-electron chi connectivity index (χ0n) is 16.2. The molecule has 6 aromatic rings. The maximum atomic E-state index is 13.8. The van der Waals surface area contributed by atoms with Gasteiger partial charge in [-0.3, -0.25) is 15.1 Å². The van der Waals surface area contributed by atoms with Crippen LogP contribution in [0.4, 0.5) is 4.39 Å². The van der Waals surface area contributed by atoms with Crippen LogP contribution in [-0.2, 0) is 0 Å². The Bertz CT molecular complexity index is 1550. The molecule has 31 heavy (non-hydrogen) atoms. The predicted molar refractivity (Wildman–Crippen MR) is 118 cm³/mol. The fraction of sp³-hybridized carbons (Fsp3) is 0. The summed E-state index contributed by atoms with van der Waals surface area (Å²) >= 11 is 0. The molecule has 4 aromatic heterocycles. The Labute approximate surface area is 175 Å². The molecule has 6 nitrogen and oxygen atoms in total. The number of imidazole rings is 1. The average Bonchev–Trinajstić information content (AvgIpc) is 3.43. The zero-order valence-corrected chi connectivity index (χ0v) is 16.2. The predicted octanol–water partition coefficient (Wildman–Crippen LogP) is 5.37. The van der Waals surface area contributed by atoms with Crippen molar-refractivity contribution in [3.63, 3.8) is 0 Å². The number of rotatable bonds is 3. The summed E-state index contributed by atoms with van der Waals surface area (Å²) in [6.45, 7) is 0. The number of nitrogens with one attached hydrogen (secondary N) is 2. The smallest absolute Gasteiger partial charge is 0.159 e. The SMILES string of the molecule is Fc1cccc(-c2cccc3[nH]c(-c4n[nH]c5cnc(-c6ccncc6)cc45)nc23)c1. The molecule has 6 rings (SSSR count). The number of pyridine rings is 2. The Morgan fingerprint density at radius 2 is 1.71 bits per heavy atom. The van der Waals surface area contributed by atoms with Gasteiger partial charge in [0.25, 0.3) is 0 Å². The minimum atomic E-state index is -0.278. The van der Waals surface area contributed by atoms with Crippen LogP contribution >= 0.6 is 0 Å². The fourth-order valence-corrected chi connectivity index (χ4v) is 3.81. The largest absolute Gasteiger partial charge is 0.337 e. The van der Waals surface area contributed by atoms with Crippen molar-refractivity contribution < 1.29 is 4.39 Å². The molecule has 0 bridgehead atoms. The van der Waals surface area contributed by atoms with Crippen molar-refractivity contribution in [3.8, 4) is 33.9 Å². The van der Waals surface area contributed by atoms with Crippen LogP contribution in [0.1, 0.15) is 0 Å². The zero-order chi connectivity index (χ0) is 20.8. The van der Waals surface area contributed by atoms with Crippen molar-refractivity contribution in [3.05, 3.63) is 85.1 Å². The van der Waals surface area contributed by atoms with Crippen LogP contribution in [0.5, 0.6) is 0 Å². The third kappa shape index (κ3) is 2.95. The number of hydrogen-bond acceptors (Lipinski definition) is 4. The van der Waals surface area contributed by atoms with Crippen molar-refractivity contribution in [1.29, 1.82) is 0 Å². The molecule has 0 atom stereocenters. The molecule has 0 saturated carbocycles. The van der Waals surface area contributed by atoms with E-state index in [1.807, 2.05) is 42.5 Å².